The molecule has 1 aromatic rings. The maximum absolute atomic E-state index is 5.72. The zero-order valence-electron chi connectivity index (χ0n) is 21.2. The number of fused-ring (bicyclic) bond motifs is 2. The molecule has 4 atom stereocenters. The summed E-state index contributed by atoms with van der Waals surface area (Å²) < 4.78 is 5.72. The van der Waals surface area contributed by atoms with Crippen LogP contribution in [0.1, 0.15) is 71.9 Å². The van der Waals surface area contributed by atoms with E-state index in [2.05, 4.69) is 90.3 Å². The summed E-state index contributed by atoms with van der Waals surface area (Å²) in [5.74, 6) is 6.62. The van der Waals surface area contributed by atoms with Crippen molar-refractivity contribution in [2.45, 2.75) is 84.4 Å². The molecule has 0 N–H and O–H groups in total. The largest absolute Gasteiger partial charge is 0.380 e. The Labute approximate surface area is 193 Å². The first kappa shape index (κ1) is 24.3. The van der Waals surface area contributed by atoms with Crippen molar-refractivity contribution in [3.63, 3.8) is 0 Å². The zero-order chi connectivity index (χ0) is 22.8. The lowest BCUT2D eigenvalue weighted by molar-refractivity contribution is 0.199. The average molecular weight is 437 g/mol. The fourth-order valence-electron chi connectivity index (χ4n) is 6.95. The number of benzene rings is 1. The van der Waals surface area contributed by atoms with Gasteiger partial charge >= 0.3 is 0 Å². The van der Waals surface area contributed by atoms with Crippen LogP contribution in [0.2, 0.25) is 16.6 Å². The van der Waals surface area contributed by atoms with Gasteiger partial charge in [0.2, 0.25) is 0 Å². The predicted octanol–water partition coefficient (Wildman–Crippen LogP) is 7.91. The summed E-state index contributed by atoms with van der Waals surface area (Å²) in [4.78, 5) is 0. The Morgan fingerprint density at radius 1 is 1.00 bits per heavy atom. The normalized spacial score (nSPS) is 26.1. The Morgan fingerprint density at radius 2 is 1.58 bits per heavy atom. The first-order chi connectivity index (χ1) is 14.7. The van der Waals surface area contributed by atoms with E-state index in [0.29, 0.717) is 28.5 Å². The molecule has 2 heteroatoms. The monoisotopic (exact) mass is 436 g/mol. The maximum Gasteiger partial charge on any atom is 0.145 e. The molecular weight excluding hydrogens is 392 g/mol. The van der Waals surface area contributed by atoms with Gasteiger partial charge in [0.25, 0.3) is 0 Å². The second-order valence-corrected chi connectivity index (χ2v) is 16.7. The average Bonchev–Trinajstić information content (AvgIpc) is 3.30. The lowest BCUT2D eigenvalue weighted by Crippen LogP contribution is -2.43. The van der Waals surface area contributed by atoms with Gasteiger partial charge < -0.3 is 4.74 Å². The molecule has 2 unspecified atom stereocenters. The highest BCUT2D eigenvalue weighted by Gasteiger charge is 2.49. The third-order valence-corrected chi connectivity index (χ3v) is 14.7. The summed E-state index contributed by atoms with van der Waals surface area (Å²) in [6.45, 7) is 17.4. The SMILES string of the molecule is COC/C(=C\c1ccc(C)cc1)C1C(C#C[Si](C(C)C)(C(C)C)C(C)C)[C@@H]2CC[C@H]1C2. The Balaban J connectivity index is 2.00. The second kappa shape index (κ2) is 10.1. The van der Waals surface area contributed by atoms with E-state index in [1.807, 2.05) is 7.11 Å². The van der Waals surface area contributed by atoms with Gasteiger partial charge in [-0.1, -0.05) is 77.4 Å². The summed E-state index contributed by atoms with van der Waals surface area (Å²) in [5.41, 5.74) is 10.2. The van der Waals surface area contributed by atoms with E-state index >= 15 is 0 Å². The molecule has 1 aromatic carbocycles. The molecule has 0 aliphatic heterocycles. The molecule has 0 spiro atoms. The molecule has 3 rings (SSSR count). The van der Waals surface area contributed by atoms with E-state index in [9.17, 15) is 0 Å². The van der Waals surface area contributed by atoms with Gasteiger partial charge in [0, 0.05) is 13.0 Å². The summed E-state index contributed by atoms with van der Waals surface area (Å²) >= 11 is 0. The number of methoxy groups -OCH3 is 1. The molecule has 0 heterocycles. The molecule has 0 amide bonds. The minimum Gasteiger partial charge on any atom is -0.380 e. The van der Waals surface area contributed by atoms with Gasteiger partial charge in [-0.25, -0.2) is 0 Å². The van der Waals surface area contributed by atoms with Crippen LogP contribution >= 0.6 is 0 Å². The van der Waals surface area contributed by atoms with Crippen LogP contribution in [0.4, 0.5) is 0 Å². The van der Waals surface area contributed by atoms with Crippen LogP contribution in [-0.2, 0) is 4.74 Å². The predicted molar refractivity (Wildman–Crippen MR) is 138 cm³/mol. The standard InChI is InChI=1S/C29H44OSi/c1-20(2)31(21(3)4,22(5)6)16-15-28-25-13-14-26(18-25)29(28)27(19-30-8)17-24-11-9-23(7)10-12-24/h9-12,17,20-22,25-26,28-29H,13-14,18-19H2,1-8H3/b27-17+/t25-,26+,28?,29?/m1/s1. The van der Waals surface area contributed by atoms with Crippen molar-refractivity contribution in [3.8, 4) is 11.5 Å². The van der Waals surface area contributed by atoms with E-state index in [1.165, 1.54) is 36.0 Å². The third-order valence-electron chi connectivity index (χ3n) is 8.41. The fourth-order valence-corrected chi connectivity index (χ4v) is 12.2. The smallest absolute Gasteiger partial charge is 0.145 e. The zero-order valence-corrected chi connectivity index (χ0v) is 22.2. The highest BCUT2D eigenvalue weighted by molar-refractivity contribution is 6.90. The van der Waals surface area contributed by atoms with Crippen LogP contribution in [-0.4, -0.2) is 21.8 Å². The Kier molecular flexibility index (Phi) is 7.93. The molecule has 0 aromatic heterocycles. The van der Waals surface area contributed by atoms with Crippen molar-refractivity contribution in [3.05, 3.63) is 41.0 Å². The van der Waals surface area contributed by atoms with Gasteiger partial charge in [0.15, 0.2) is 0 Å². The van der Waals surface area contributed by atoms with E-state index in [1.54, 1.807) is 0 Å². The minimum absolute atomic E-state index is 0.508. The van der Waals surface area contributed by atoms with Crippen molar-refractivity contribution in [1.29, 1.82) is 0 Å². The molecule has 2 aliphatic rings. The third kappa shape index (κ3) is 4.89. The van der Waals surface area contributed by atoms with Gasteiger partial charge in [-0.15, -0.1) is 11.5 Å². The molecule has 0 radical (unpaired) electrons. The van der Waals surface area contributed by atoms with Crippen LogP contribution in [0.5, 0.6) is 0 Å². The molecule has 1 nitrogen and oxygen atoms in total. The number of aryl methyl sites for hydroxylation is 1. The minimum atomic E-state index is -1.70. The van der Waals surface area contributed by atoms with Crippen molar-refractivity contribution in [2.75, 3.05) is 13.7 Å². The maximum atomic E-state index is 5.72. The molecule has 2 saturated carbocycles. The Hall–Kier alpha value is -1.30. The summed E-state index contributed by atoms with van der Waals surface area (Å²) in [5, 5.41) is 0. The number of rotatable bonds is 7. The van der Waals surface area contributed by atoms with Crippen LogP contribution < -0.4 is 0 Å². The lowest BCUT2D eigenvalue weighted by Gasteiger charge is -2.38. The van der Waals surface area contributed by atoms with Gasteiger partial charge in [-0.05, 0) is 71.7 Å². The molecule has 2 fully saturated rings. The highest BCUT2D eigenvalue weighted by atomic mass is 28.3. The van der Waals surface area contributed by atoms with Crippen LogP contribution in [0.15, 0.2) is 29.8 Å². The summed E-state index contributed by atoms with van der Waals surface area (Å²) in [6.07, 6.45) is 6.49. The highest BCUT2D eigenvalue weighted by Crippen LogP contribution is 2.55. The fraction of sp³-hybridized carbons (Fsp3) is 0.655. The lowest BCUT2D eigenvalue weighted by atomic mass is 9.75. The number of ether oxygens (including phenoxy) is 1. The molecule has 170 valence electrons. The quantitative estimate of drug-likeness (QED) is 0.312. The van der Waals surface area contributed by atoms with E-state index in [4.69, 9.17) is 4.74 Å². The Bertz CT molecular complexity index is 799. The van der Waals surface area contributed by atoms with E-state index < -0.39 is 8.07 Å². The van der Waals surface area contributed by atoms with Crippen LogP contribution in [0, 0.1) is 42.1 Å². The van der Waals surface area contributed by atoms with Crippen LogP contribution in [0.3, 0.4) is 0 Å². The summed E-state index contributed by atoms with van der Waals surface area (Å²) in [7, 11) is 0.141. The molecule has 0 saturated heterocycles. The van der Waals surface area contributed by atoms with Gasteiger partial charge in [0.1, 0.15) is 8.07 Å². The number of hydrogen-bond donors (Lipinski definition) is 0. The van der Waals surface area contributed by atoms with E-state index in [0.717, 1.165) is 18.4 Å². The van der Waals surface area contributed by atoms with E-state index in [-0.39, 0.29) is 0 Å². The van der Waals surface area contributed by atoms with Crippen molar-refractivity contribution < 1.29 is 4.74 Å². The van der Waals surface area contributed by atoms with Gasteiger partial charge in [-0.2, -0.15) is 0 Å². The molecule has 31 heavy (non-hydrogen) atoms. The van der Waals surface area contributed by atoms with Gasteiger partial charge in [-0.3, -0.25) is 0 Å². The van der Waals surface area contributed by atoms with Crippen molar-refractivity contribution >= 4 is 14.1 Å². The molecule has 2 aliphatic carbocycles. The van der Waals surface area contributed by atoms with Crippen molar-refractivity contribution in [2.24, 2.45) is 23.7 Å². The Morgan fingerprint density at radius 3 is 2.13 bits per heavy atom. The van der Waals surface area contributed by atoms with Gasteiger partial charge in [0.05, 0.1) is 6.61 Å². The van der Waals surface area contributed by atoms with Crippen molar-refractivity contribution in [1.82, 2.24) is 0 Å². The van der Waals surface area contributed by atoms with Crippen LogP contribution in [0.25, 0.3) is 6.08 Å². The molecular formula is C29H44OSi. The first-order valence-corrected chi connectivity index (χ1v) is 14.7. The first-order valence-electron chi connectivity index (χ1n) is 12.5. The molecule has 2 bridgehead atoms. The summed E-state index contributed by atoms with van der Waals surface area (Å²) in [6, 6.07) is 8.91. The second-order valence-electron chi connectivity index (χ2n) is 11.1. The number of hydrogen-bond acceptors (Lipinski definition) is 1. The topological polar surface area (TPSA) is 9.23 Å².